The summed E-state index contributed by atoms with van der Waals surface area (Å²) in [7, 11) is 4.06. The van der Waals surface area contributed by atoms with Gasteiger partial charge in [-0.15, -0.1) is 35.3 Å². The molecule has 0 bridgehead atoms. The molecule has 1 aliphatic heterocycles. The maximum atomic E-state index is 4.34. The number of rotatable bonds is 7. The summed E-state index contributed by atoms with van der Waals surface area (Å²) >= 11 is 1.84. The van der Waals surface area contributed by atoms with Gasteiger partial charge in [0.05, 0.1) is 0 Å². The van der Waals surface area contributed by atoms with Crippen molar-refractivity contribution in [3.05, 3.63) is 22.4 Å². The average molecular weight is 479 g/mol. The summed E-state index contributed by atoms with van der Waals surface area (Å²) in [6.07, 6.45) is 2.40. The van der Waals surface area contributed by atoms with E-state index in [0.717, 1.165) is 32.0 Å². The zero-order valence-electron chi connectivity index (χ0n) is 15.8. The Morgan fingerprint density at radius 2 is 2.12 bits per heavy atom. The zero-order valence-corrected chi connectivity index (χ0v) is 19.0. The summed E-state index contributed by atoms with van der Waals surface area (Å²) in [5.41, 5.74) is 0. The van der Waals surface area contributed by atoms with Crippen molar-refractivity contribution in [2.45, 2.75) is 19.8 Å². The number of nitrogens with one attached hydrogen (secondary N) is 2. The van der Waals surface area contributed by atoms with Crippen molar-refractivity contribution in [1.29, 1.82) is 0 Å². The van der Waals surface area contributed by atoms with Crippen LogP contribution in [-0.4, -0.2) is 75.7 Å². The van der Waals surface area contributed by atoms with Gasteiger partial charge in [-0.05, 0) is 50.3 Å². The molecule has 1 fully saturated rings. The molecule has 2 N–H and O–H groups in total. The minimum atomic E-state index is 0. The fourth-order valence-electron chi connectivity index (χ4n) is 2.99. The van der Waals surface area contributed by atoms with Crippen molar-refractivity contribution in [1.82, 2.24) is 20.4 Å². The van der Waals surface area contributed by atoms with E-state index >= 15 is 0 Å². The van der Waals surface area contributed by atoms with Gasteiger partial charge in [-0.25, -0.2) is 0 Å². The second-order valence-electron chi connectivity index (χ2n) is 6.77. The van der Waals surface area contributed by atoms with Crippen LogP contribution >= 0.6 is 35.3 Å². The molecule has 1 aromatic rings. The van der Waals surface area contributed by atoms with Crippen molar-refractivity contribution < 1.29 is 0 Å². The largest absolute Gasteiger partial charge is 0.356 e. The Bertz CT molecular complexity index is 480. The van der Waals surface area contributed by atoms with E-state index in [1.807, 2.05) is 18.4 Å². The predicted octanol–water partition coefficient (Wildman–Crippen LogP) is 2.35. The van der Waals surface area contributed by atoms with Crippen molar-refractivity contribution in [2.75, 3.05) is 59.9 Å². The number of guanidine groups is 1. The molecule has 2 rings (SSSR count). The fourth-order valence-corrected chi connectivity index (χ4v) is 3.86. The van der Waals surface area contributed by atoms with E-state index in [1.54, 1.807) is 0 Å². The van der Waals surface area contributed by atoms with Gasteiger partial charge < -0.3 is 20.4 Å². The molecular formula is C18H34IN5S. The molecule has 1 saturated heterocycles. The first-order valence-corrected chi connectivity index (χ1v) is 9.93. The lowest BCUT2D eigenvalue weighted by molar-refractivity contribution is 0.280. The van der Waals surface area contributed by atoms with E-state index in [-0.39, 0.29) is 24.0 Å². The third kappa shape index (κ3) is 9.21. The highest BCUT2D eigenvalue weighted by Gasteiger charge is 2.11. The molecule has 0 aliphatic carbocycles. The highest BCUT2D eigenvalue weighted by molar-refractivity contribution is 14.0. The number of thiophene rings is 1. The summed E-state index contributed by atoms with van der Waals surface area (Å²) < 4.78 is 0. The van der Waals surface area contributed by atoms with Crippen LogP contribution < -0.4 is 10.6 Å². The highest BCUT2D eigenvalue weighted by atomic mass is 127. The van der Waals surface area contributed by atoms with Crippen LogP contribution in [0.4, 0.5) is 0 Å². The Balaban J connectivity index is 0.00000312. The molecule has 144 valence electrons. The summed E-state index contributed by atoms with van der Waals surface area (Å²) in [4.78, 5) is 10.8. The predicted molar refractivity (Wildman–Crippen MR) is 121 cm³/mol. The minimum Gasteiger partial charge on any atom is -0.356 e. The lowest BCUT2D eigenvalue weighted by Gasteiger charge is -2.21. The Morgan fingerprint density at radius 3 is 2.84 bits per heavy atom. The number of halogens is 1. The normalized spacial score (nSPS) is 18.3. The molecule has 0 spiro atoms. The topological polar surface area (TPSA) is 42.9 Å². The van der Waals surface area contributed by atoms with E-state index in [1.165, 1.54) is 37.5 Å². The van der Waals surface area contributed by atoms with Crippen LogP contribution in [0.2, 0.25) is 0 Å². The van der Waals surface area contributed by atoms with Crippen LogP contribution in [0.3, 0.4) is 0 Å². The Morgan fingerprint density at radius 1 is 1.28 bits per heavy atom. The van der Waals surface area contributed by atoms with E-state index in [0.29, 0.717) is 5.92 Å². The van der Waals surface area contributed by atoms with E-state index in [9.17, 15) is 0 Å². The van der Waals surface area contributed by atoms with Gasteiger partial charge in [-0.3, -0.25) is 4.99 Å². The van der Waals surface area contributed by atoms with E-state index in [2.05, 4.69) is 56.9 Å². The highest BCUT2D eigenvalue weighted by Crippen LogP contribution is 2.13. The van der Waals surface area contributed by atoms with Crippen LogP contribution in [0.25, 0.3) is 0 Å². The second kappa shape index (κ2) is 12.9. The standard InChI is InChI=1S/C18H33N5S.HI/c1-16(14-17-6-4-13-24-17)15-21-18(19-2)20-7-10-23-9-5-8-22(3)11-12-23;/h4,6,13,16H,5,7-12,14-15H2,1-3H3,(H2,19,20,21);1H. The van der Waals surface area contributed by atoms with Crippen molar-refractivity contribution in [2.24, 2.45) is 10.9 Å². The summed E-state index contributed by atoms with van der Waals surface area (Å²) in [5.74, 6) is 1.52. The number of nitrogens with zero attached hydrogens (tertiary/aromatic N) is 3. The molecular weight excluding hydrogens is 445 g/mol. The first kappa shape index (κ1) is 22.7. The van der Waals surface area contributed by atoms with E-state index in [4.69, 9.17) is 0 Å². The molecule has 0 saturated carbocycles. The van der Waals surface area contributed by atoms with Gasteiger partial charge in [-0.1, -0.05) is 13.0 Å². The summed E-state index contributed by atoms with van der Waals surface area (Å²) in [5, 5.41) is 9.05. The molecule has 25 heavy (non-hydrogen) atoms. The summed E-state index contributed by atoms with van der Waals surface area (Å²) in [6.45, 7) is 10.0. The SMILES string of the molecule is CN=C(NCCN1CCCN(C)CC1)NCC(C)Cc1cccs1.I. The van der Waals surface area contributed by atoms with Crippen molar-refractivity contribution >= 4 is 41.3 Å². The van der Waals surface area contributed by atoms with Crippen molar-refractivity contribution in [3.63, 3.8) is 0 Å². The van der Waals surface area contributed by atoms with Gasteiger partial charge >= 0.3 is 0 Å². The zero-order chi connectivity index (χ0) is 17.2. The fraction of sp³-hybridized carbons (Fsp3) is 0.722. The number of likely N-dealkylation sites (N-methyl/N-ethyl adjacent to an activating group) is 1. The van der Waals surface area contributed by atoms with Gasteiger partial charge in [0.15, 0.2) is 5.96 Å². The quantitative estimate of drug-likeness (QED) is 0.358. The van der Waals surface area contributed by atoms with Gasteiger partial charge in [0.2, 0.25) is 0 Å². The van der Waals surface area contributed by atoms with Crippen LogP contribution in [0.15, 0.2) is 22.5 Å². The first-order chi connectivity index (χ1) is 11.7. The van der Waals surface area contributed by atoms with E-state index < -0.39 is 0 Å². The van der Waals surface area contributed by atoms with Gasteiger partial charge in [0.1, 0.15) is 0 Å². The van der Waals surface area contributed by atoms with Crippen LogP contribution in [0, 0.1) is 5.92 Å². The Hall–Kier alpha value is -0.380. The van der Waals surface area contributed by atoms with Crippen molar-refractivity contribution in [3.8, 4) is 0 Å². The molecule has 1 aromatic heterocycles. The lowest BCUT2D eigenvalue weighted by Crippen LogP contribution is -2.43. The third-order valence-electron chi connectivity index (χ3n) is 4.50. The Labute approximate surface area is 174 Å². The third-order valence-corrected chi connectivity index (χ3v) is 5.40. The molecule has 1 atom stereocenters. The lowest BCUT2D eigenvalue weighted by atomic mass is 10.1. The average Bonchev–Trinajstić information content (AvgIpc) is 2.99. The molecule has 0 aromatic carbocycles. The summed E-state index contributed by atoms with van der Waals surface area (Å²) in [6, 6.07) is 4.34. The van der Waals surface area contributed by atoms with Gasteiger partial charge in [0, 0.05) is 44.6 Å². The van der Waals surface area contributed by atoms with Crippen LogP contribution in [0.1, 0.15) is 18.2 Å². The molecule has 0 radical (unpaired) electrons. The van der Waals surface area contributed by atoms with Crippen LogP contribution in [-0.2, 0) is 6.42 Å². The maximum absolute atomic E-state index is 4.34. The first-order valence-electron chi connectivity index (χ1n) is 9.05. The molecule has 0 amide bonds. The van der Waals surface area contributed by atoms with Crippen LogP contribution in [0.5, 0.6) is 0 Å². The smallest absolute Gasteiger partial charge is 0.191 e. The molecule has 7 heteroatoms. The second-order valence-corrected chi connectivity index (χ2v) is 7.80. The van der Waals surface area contributed by atoms with Gasteiger partial charge in [0.25, 0.3) is 0 Å². The molecule has 5 nitrogen and oxygen atoms in total. The molecule has 2 heterocycles. The number of hydrogen-bond acceptors (Lipinski definition) is 4. The number of aliphatic imine (C=N–C) groups is 1. The molecule has 1 aliphatic rings. The minimum absolute atomic E-state index is 0. The van der Waals surface area contributed by atoms with Gasteiger partial charge in [-0.2, -0.15) is 0 Å². The number of hydrogen-bond donors (Lipinski definition) is 2. The molecule has 1 unspecified atom stereocenters. The monoisotopic (exact) mass is 479 g/mol. The maximum Gasteiger partial charge on any atom is 0.191 e. The Kier molecular flexibility index (Phi) is 11.7.